The lowest BCUT2D eigenvalue weighted by Gasteiger charge is -1.91. The first-order valence-corrected chi connectivity index (χ1v) is 5.27. The fourth-order valence-electron chi connectivity index (χ4n) is 1.58. The Labute approximate surface area is 85.2 Å². The van der Waals surface area contributed by atoms with Crippen LogP contribution in [0.2, 0.25) is 0 Å². The quantitative estimate of drug-likeness (QED) is 0.557. The van der Waals surface area contributed by atoms with Crippen molar-refractivity contribution in [2.75, 3.05) is 0 Å². The van der Waals surface area contributed by atoms with Gasteiger partial charge in [-0.2, -0.15) is 0 Å². The number of nitrogens with zero attached hydrogens (tertiary/aromatic N) is 2. The number of hydrogen-bond donors (Lipinski definition) is 0. The molecule has 0 fully saturated rings. The van der Waals surface area contributed by atoms with Crippen LogP contribution >= 0.6 is 11.3 Å². The third-order valence-electron chi connectivity index (χ3n) is 2.25. The van der Waals surface area contributed by atoms with Gasteiger partial charge in [-0.25, -0.2) is 9.97 Å². The van der Waals surface area contributed by atoms with Crippen LogP contribution in [-0.2, 0) is 0 Å². The van der Waals surface area contributed by atoms with Gasteiger partial charge in [-0.15, -0.1) is 0 Å². The number of aromatic nitrogens is 2. The molecule has 0 atom stereocenters. The summed E-state index contributed by atoms with van der Waals surface area (Å²) in [6.07, 6.45) is 1.82. The maximum atomic E-state index is 4.49. The molecule has 0 amide bonds. The summed E-state index contributed by atoms with van der Waals surface area (Å²) >= 11 is 1.65. The molecular weight excluding hydrogens is 192 g/mol. The van der Waals surface area contributed by atoms with Crippen molar-refractivity contribution < 1.29 is 0 Å². The van der Waals surface area contributed by atoms with Crippen LogP contribution in [-0.4, -0.2) is 9.97 Å². The summed E-state index contributed by atoms with van der Waals surface area (Å²) < 4.78 is 0. The molecule has 0 saturated heterocycles. The van der Waals surface area contributed by atoms with E-state index in [9.17, 15) is 0 Å². The highest BCUT2D eigenvalue weighted by Gasteiger charge is 2.05. The molecule has 0 N–H and O–H groups in total. The van der Waals surface area contributed by atoms with Crippen LogP contribution in [0.4, 0.5) is 0 Å². The van der Waals surface area contributed by atoms with E-state index in [-0.39, 0.29) is 0 Å². The fraction of sp³-hybridized carbons (Fsp3) is 0.0909. The van der Waals surface area contributed by atoms with E-state index in [4.69, 9.17) is 0 Å². The largest absolute Gasteiger partial charge is 0.245 e. The SMILES string of the molecule is Cc1ccc2c(n1)sc1ncccc12. The Kier molecular flexibility index (Phi) is 1.55. The van der Waals surface area contributed by atoms with E-state index in [0.717, 1.165) is 15.4 Å². The standard InChI is InChI=1S/C11H8N2S/c1-7-4-5-9-8-3-2-6-12-10(8)14-11(9)13-7/h2-6H,1H3. The van der Waals surface area contributed by atoms with Gasteiger partial charge in [0, 0.05) is 22.7 Å². The molecule has 14 heavy (non-hydrogen) atoms. The summed E-state index contributed by atoms with van der Waals surface area (Å²) in [4.78, 5) is 11.0. The van der Waals surface area contributed by atoms with Gasteiger partial charge in [0.25, 0.3) is 0 Å². The maximum absolute atomic E-state index is 4.49. The minimum atomic E-state index is 1.06. The Balaban J connectivity index is 2.57. The van der Waals surface area contributed by atoms with E-state index < -0.39 is 0 Å². The topological polar surface area (TPSA) is 25.8 Å². The number of hydrogen-bond acceptors (Lipinski definition) is 3. The zero-order valence-electron chi connectivity index (χ0n) is 7.69. The fourth-order valence-corrected chi connectivity index (χ4v) is 2.65. The van der Waals surface area contributed by atoms with Crippen molar-refractivity contribution in [2.24, 2.45) is 0 Å². The molecule has 3 heteroatoms. The average molecular weight is 200 g/mol. The Morgan fingerprint density at radius 1 is 1.07 bits per heavy atom. The predicted molar refractivity (Wildman–Crippen MR) is 59.7 cm³/mol. The smallest absolute Gasteiger partial charge is 0.126 e. The second-order valence-corrected chi connectivity index (χ2v) is 4.24. The van der Waals surface area contributed by atoms with Gasteiger partial charge >= 0.3 is 0 Å². The van der Waals surface area contributed by atoms with Crippen molar-refractivity contribution in [3.8, 4) is 0 Å². The van der Waals surface area contributed by atoms with Gasteiger partial charge in [0.1, 0.15) is 9.66 Å². The van der Waals surface area contributed by atoms with E-state index in [0.29, 0.717) is 0 Å². The van der Waals surface area contributed by atoms with Crippen molar-refractivity contribution in [2.45, 2.75) is 6.92 Å². The minimum absolute atomic E-state index is 1.06. The lowest BCUT2D eigenvalue weighted by molar-refractivity contribution is 1.27. The van der Waals surface area contributed by atoms with Crippen molar-refractivity contribution in [3.63, 3.8) is 0 Å². The Bertz CT molecular complexity index is 613. The van der Waals surface area contributed by atoms with E-state index >= 15 is 0 Å². The molecule has 0 unspecified atom stereocenters. The van der Waals surface area contributed by atoms with Gasteiger partial charge in [0.05, 0.1) is 0 Å². The Morgan fingerprint density at radius 2 is 1.93 bits per heavy atom. The molecule has 3 aromatic rings. The van der Waals surface area contributed by atoms with Crippen LogP contribution in [0.15, 0.2) is 30.5 Å². The second-order valence-electron chi connectivity index (χ2n) is 3.26. The van der Waals surface area contributed by atoms with Gasteiger partial charge in [-0.3, -0.25) is 0 Å². The summed E-state index contributed by atoms with van der Waals surface area (Å²) in [6, 6.07) is 8.23. The van der Waals surface area contributed by atoms with Crippen molar-refractivity contribution in [1.29, 1.82) is 0 Å². The lowest BCUT2D eigenvalue weighted by atomic mass is 10.2. The maximum Gasteiger partial charge on any atom is 0.126 e. The van der Waals surface area contributed by atoms with Gasteiger partial charge in [-0.1, -0.05) is 11.3 Å². The first-order valence-electron chi connectivity index (χ1n) is 4.45. The second kappa shape index (κ2) is 2.75. The highest BCUT2D eigenvalue weighted by molar-refractivity contribution is 7.25. The highest BCUT2D eigenvalue weighted by atomic mass is 32.1. The zero-order valence-corrected chi connectivity index (χ0v) is 8.51. The van der Waals surface area contributed by atoms with Gasteiger partial charge in [0.15, 0.2) is 0 Å². The molecule has 2 nitrogen and oxygen atoms in total. The summed E-state index contributed by atoms with van der Waals surface area (Å²) in [6.45, 7) is 2.01. The Hall–Kier alpha value is -1.48. The van der Waals surface area contributed by atoms with E-state index in [2.05, 4.69) is 22.1 Å². The molecule has 0 aliphatic rings. The molecule has 68 valence electrons. The van der Waals surface area contributed by atoms with Crippen LogP contribution in [0.1, 0.15) is 5.69 Å². The van der Waals surface area contributed by atoms with E-state index in [1.54, 1.807) is 11.3 Å². The molecule has 3 rings (SSSR count). The van der Waals surface area contributed by atoms with Gasteiger partial charge < -0.3 is 0 Å². The van der Waals surface area contributed by atoms with Gasteiger partial charge in [0.2, 0.25) is 0 Å². The zero-order chi connectivity index (χ0) is 9.54. The number of fused-ring (bicyclic) bond motifs is 3. The molecule has 0 aliphatic heterocycles. The molecule has 0 saturated carbocycles. The molecule has 0 aliphatic carbocycles. The number of aryl methyl sites for hydroxylation is 1. The molecule has 3 aromatic heterocycles. The first-order chi connectivity index (χ1) is 6.84. The van der Waals surface area contributed by atoms with Crippen molar-refractivity contribution >= 4 is 31.8 Å². The summed E-state index contributed by atoms with van der Waals surface area (Å²) in [5, 5.41) is 2.42. The van der Waals surface area contributed by atoms with Crippen LogP contribution < -0.4 is 0 Å². The van der Waals surface area contributed by atoms with E-state index in [1.807, 2.05) is 25.3 Å². The van der Waals surface area contributed by atoms with E-state index in [1.165, 1.54) is 10.8 Å². The molecule has 0 bridgehead atoms. The van der Waals surface area contributed by atoms with Gasteiger partial charge in [-0.05, 0) is 31.2 Å². The summed E-state index contributed by atoms with van der Waals surface area (Å²) in [7, 11) is 0. The van der Waals surface area contributed by atoms with Crippen LogP contribution in [0.25, 0.3) is 20.4 Å². The van der Waals surface area contributed by atoms with Crippen LogP contribution in [0, 0.1) is 6.92 Å². The minimum Gasteiger partial charge on any atom is -0.245 e. The lowest BCUT2D eigenvalue weighted by Crippen LogP contribution is -1.77. The predicted octanol–water partition coefficient (Wildman–Crippen LogP) is 3.15. The summed E-state index contributed by atoms with van der Waals surface area (Å²) in [5.41, 5.74) is 1.06. The number of thiophene rings is 1. The van der Waals surface area contributed by atoms with Crippen molar-refractivity contribution in [3.05, 3.63) is 36.2 Å². The number of pyridine rings is 2. The molecule has 0 radical (unpaired) electrons. The number of rotatable bonds is 0. The first kappa shape index (κ1) is 7.88. The third-order valence-corrected chi connectivity index (χ3v) is 3.28. The normalized spacial score (nSPS) is 11.2. The molecule has 0 aromatic carbocycles. The highest BCUT2D eigenvalue weighted by Crippen LogP contribution is 2.30. The molecule has 0 spiro atoms. The third kappa shape index (κ3) is 1.02. The van der Waals surface area contributed by atoms with Crippen LogP contribution in [0.5, 0.6) is 0 Å². The van der Waals surface area contributed by atoms with Crippen LogP contribution in [0.3, 0.4) is 0 Å². The monoisotopic (exact) mass is 200 g/mol. The summed E-state index contributed by atoms with van der Waals surface area (Å²) in [5.74, 6) is 0. The molecular formula is C11H8N2S. The molecule has 3 heterocycles. The average Bonchev–Trinajstić information content (AvgIpc) is 2.54. The Morgan fingerprint density at radius 3 is 2.86 bits per heavy atom. The van der Waals surface area contributed by atoms with Crippen molar-refractivity contribution in [1.82, 2.24) is 9.97 Å².